The van der Waals surface area contributed by atoms with Crippen molar-refractivity contribution in [3.63, 3.8) is 0 Å². The molecule has 0 aliphatic heterocycles. The Bertz CT molecular complexity index is 382. The average Bonchev–Trinajstić information content (AvgIpc) is 2.63. The van der Waals surface area contributed by atoms with Crippen LogP contribution in [0.2, 0.25) is 0 Å². The molecule has 0 aromatic carbocycles. The highest BCUT2D eigenvalue weighted by atomic mass is 35.5. The molecule has 1 heterocycles. The summed E-state index contributed by atoms with van der Waals surface area (Å²) in [5.74, 6) is 0.358. The van der Waals surface area contributed by atoms with E-state index in [4.69, 9.17) is 5.73 Å². The highest BCUT2D eigenvalue weighted by Gasteiger charge is 2.32. The summed E-state index contributed by atoms with van der Waals surface area (Å²) in [5, 5.41) is 3.03. The molecule has 0 unspecified atom stereocenters. The normalized spacial score (nSPS) is 23.6. The van der Waals surface area contributed by atoms with Crippen molar-refractivity contribution >= 4 is 18.2 Å². The molecule has 1 aromatic heterocycles. The van der Waals surface area contributed by atoms with Crippen LogP contribution in [0.25, 0.3) is 0 Å². The predicted molar refractivity (Wildman–Crippen MR) is 63.5 cm³/mol. The minimum Gasteiger partial charge on any atom is -0.366 e. The average molecular weight is 283 g/mol. The zero-order valence-electron chi connectivity index (χ0n) is 9.44. The maximum absolute atomic E-state index is 12.2. The van der Waals surface area contributed by atoms with Crippen molar-refractivity contribution in [3.8, 4) is 0 Å². The molecule has 1 aliphatic rings. The Morgan fingerprint density at radius 2 is 1.94 bits per heavy atom. The molecule has 8 heteroatoms. The zero-order valence-corrected chi connectivity index (χ0v) is 10.3. The number of nitrogens with zero attached hydrogens (tertiary/aromatic N) is 2. The molecule has 3 N–H and O–H groups in total. The third-order valence-electron chi connectivity index (χ3n) is 2.77. The van der Waals surface area contributed by atoms with Crippen LogP contribution in [-0.2, 0) is 6.18 Å². The first-order valence-corrected chi connectivity index (χ1v) is 5.36. The standard InChI is InChI=1S/C10H13F3N4.ClH/c11-10(12,13)8-4-16-9(5-15-8)17-7-2-1-6(14)3-7;/h4-7H,1-3,14H2,(H,16,17);1H/t6-,7+;/m1./s1. The molecule has 18 heavy (non-hydrogen) atoms. The number of rotatable bonds is 2. The van der Waals surface area contributed by atoms with Crippen molar-refractivity contribution in [2.24, 2.45) is 5.73 Å². The third-order valence-corrected chi connectivity index (χ3v) is 2.77. The van der Waals surface area contributed by atoms with Crippen molar-refractivity contribution in [2.75, 3.05) is 5.32 Å². The van der Waals surface area contributed by atoms with Gasteiger partial charge in [0.2, 0.25) is 0 Å². The molecule has 2 rings (SSSR count). The SMILES string of the molecule is Cl.N[C@@H]1CC[C@H](Nc2cnc(C(F)(F)F)cn2)C1. The molecular weight excluding hydrogens is 269 g/mol. The van der Waals surface area contributed by atoms with Crippen LogP contribution in [0.4, 0.5) is 19.0 Å². The van der Waals surface area contributed by atoms with E-state index in [-0.39, 0.29) is 24.5 Å². The number of halogens is 4. The summed E-state index contributed by atoms with van der Waals surface area (Å²) < 4.78 is 36.7. The Hall–Kier alpha value is -1.08. The van der Waals surface area contributed by atoms with Gasteiger partial charge in [-0.2, -0.15) is 13.2 Å². The highest BCUT2D eigenvalue weighted by Crippen LogP contribution is 2.27. The summed E-state index contributed by atoms with van der Waals surface area (Å²) in [6.45, 7) is 0. The minimum absolute atomic E-state index is 0. The lowest BCUT2D eigenvalue weighted by Gasteiger charge is -2.13. The van der Waals surface area contributed by atoms with Crippen molar-refractivity contribution in [1.29, 1.82) is 0 Å². The molecule has 1 saturated carbocycles. The molecule has 1 aromatic rings. The van der Waals surface area contributed by atoms with Gasteiger partial charge in [0, 0.05) is 12.1 Å². The second-order valence-corrected chi connectivity index (χ2v) is 4.20. The number of aromatic nitrogens is 2. The van der Waals surface area contributed by atoms with Crippen LogP contribution in [0.15, 0.2) is 12.4 Å². The molecule has 4 nitrogen and oxygen atoms in total. The van der Waals surface area contributed by atoms with Crippen LogP contribution in [0.1, 0.15) is 25.0 Å². The van der Waals surface area contributed by atoms with E-state index in [1.165, 1.54) is 0 Å². The Balaban J connectivity index is 0.00000162. The van der Waals surface area contributed by atoms with E-state index in [0.29, 0.717) is 5.82 Å². The van der Waals surface area contributed by atoms with E-state index < -0.39 is 11.9 Å². The van der Waals surface area contributed by atoms with E-state index in [0.717, 1.165) is 31.7 Å². The fourth-order valence-electron chi connectivity index (χ4n) is 1.91. The van der Waals surface area contributed by atoms with Gasteiger partial charge in [0.25, 0.3) is 0 Å². The largest absolute Gasteiger partial charge is 0.434 e. The Morgan fingerprint density at radius 3 is 2.39 bits per heavy atom. The summed E-state index contributed by atoms with van der Waals surface area (Å²) >= 11 is 0. The maximum Gasteiger partial charge on any atom is 0.434 e. The van der Waals surface area contributed by atoms with Gasteiger partial charge in [-0.05, 0) is 19.3 Å². The van der Waals surface area contributed by atoms with Gasteiger partial charge in [0.15, 0.2) is 5.69 Å². The number of nitrogens with two attached hydrogens (primary N) is 1. The van der Waals surface area contributed by atoms with Gasteiger partial charge in [0.1, 0.15) is 5.82 Å². The third kappa shape index (κ3) is 3.71. The summed E-state index contributed by atoms with van der Waals surface area (Å²) in [5.41, 5.74) is 4.75. The van der Waals surface area contributed by atoms with Gasteiger partial charge in [-0.15, -0.1) is 12.4 Å². The lowest BCUT2D eigenvalue weighted by atomic mass is 10.2. The first-order chi connectivity index (χ1) is 7.95. The van der Waals surface area contributed by atoms with E-state index in [1.807, 2.05) is 0 Å². The molecule has 0 saturated heterocycles. The molecule has 102 valence electrons. The van der Waals surface area contributed by atoms with Gasteiger partial charge in [0.05, 0.1) is 12.4 Å². The van der Waals surface area contributed by atoms with Gasteiger partial charge >= 0.3 is 6.18 Å². The van der Waals surface area contributed by atoms with Crippen molar-refractivity contribution in [3.05, 3.63) is 18.1 Å². The molecule has 0 bridgehead atoms. The van der Waals surface area contributed by atoms with E-state index >= 15 is 0 Å². The van der Waals surface area contributed by atoms with Crippen LogP contribution in [0.3, 0.4) is 0 Å². The summed E-state index contributed by atoms with van der Waals surface area (Å²) in [6.07, 6.45) is 0.0312. The van der Waals surface area contributed by atoms with Crippen LogP contribution < -0.4 is 11.1 Å². The second-order valence-electron chi connectivity index (χ2n) is 4.20. The molecule has 2 atom stereocenters. The van der Waals surface area contributed by atoms with E-state index in [9.17, 15) is 13.2 Å². The van der Waals surface area contributed by atoms with Gasteiger partial charge in [-0.25, -0.2) is 9.97 Å². The predicted octanol–water partition coefficient (Wildman–Crippen LogP) is 2.21. The molecule has 0 amide bonds. The minimum atomic E-state index is -4.44. The van der Waals surface area contributed by atoms with Gasteiger partial charge in [-0.3, -0.25) is 0 Å². The maximum atomic E-state index is 12.2. The van der Waals surface area contributed by atoms with Crippen molar-refractivity contribution < 1.29 is 13.2 Å². The van der Waals surface area contributed by atoms with Gasteiger partial charge < -0.3 is 11.1 Å². The fourth-order valence-corrected chi connectivity index (χ4v) is 1.91. The van der Waals surface area contributed by atoms with Crippen molar-refractivity contribution in [1.82, 2.24) is 9.97 Å². The van der Waals surface area contributed by atoms with Crippen LogP contribution in [0.5, 0.6) is 0 Å². The van der Waals surface area contributed by atoms with Crippen LogP contribution >= 0.6 is 12.4 Å². The monoisotopic (exact) mass is 282 g/mol. The van der Waals surface area contributed by atoms with Crippen LogP contribution in [0, 0.1) is 0 Å². The molecular formula is C10H14ClF3N4. The smallest absolute Gasteiger partial charge is 0.366 e. The quantitative estimate of drug-likeness (QED) is 0.873. The first-order valence-electron chi connectivity index (χ1n) is 5.36. The molecule has 1 fully saturated rings. The lowest BCUT2D eigenvalue weighted by molar-refractivity contribution is -0.141. The molecule has 0 radical (unpaired) electrons. The summed E-state index contributed by atoms with van der Waals surface area (Å²) in [4.78, 5) is 7.03. The fraction of sp³-hybridized carbons (Fsp3) is 0.600. The topological polar surface area (TPSA) is 63.8 Å². The van der Waals surface area contributed by atoms with E-state index in [2.05, 4.69) is 15.3 Å². The first kappa shape index (κ1) is 15.0. The zero-order chi connectivity index (χ0) is 12.5. The number of alkyl halides is 3. The Labute approximate surface area is 109 Å². The van der Waals surface area contributed by atoms with Crippen molar-refractivity contribution in [2.45, 2.75) is 37.5 Å². The van der Waals surface area contributed by atoms with Crippen LogP contribution in [-0.4, -0.2) is 22.1 Å². The highest BCUT2D eigenvalue weighted by molar-refractivity contribution is 5.85. The number of hydrogen-bond donors (Lipinski definition) is 2. The second kappa shape index (κ2) is 5.71. The molecule has 1 aliphatic carbocycles. The number of hydrogen-bond acceptors (Lipinski definition) is 4. The number of anilines is 1. The van der Waals surface area contributed by atoms with E-state index in [1.54, 1.807) is 0 Å². The van der Waals surface area contributed by atoms with Gasteiger partial charge in [-0.1, -0.05) is 0 Å². The Morgan fingerprint density at radius 1 is 1.22 bits per heavy atom. The number of nitrogens with one attached hydrogen (secondary N) is 1. The lowest BCUT2D eigenvalue weighted by Crippen LogP contribution is -2.21. The molecule has 0 spiro atoms. The Kier molecular flexibility index (Phi) is 4.75. The summed E-state index contributed by atoms with van der Waals surface area (Å²) in [6, 6.07) is 0.339. The summed E-state index contributed by atoms with van der Waals surface area (Å²) in [7, 11) is 0.